The average molecular weight is 350 g/mol. The van der Waals surface area contributed by atoms with Crippen molar-refractivity contribution in [2.24, 2.45) is 0 Å². The van der Waals surface area contributed by atoms with Crippen molar-refractivity contribution >= 4 is 17.8 Å². The summed E-state index contributed by atoms with van der Waals surface area (Å²) in [5.41, 5.74) is -0.724. The Kier molecular flexibility index (Phi) is 5.32. The number of piperidine rings is 2. The van der Waals surface area contributed by atoms with Crippen LogP contribution in [0.25, 0.3) is 0 Å². The molecule has 3 rings (SSSR count). The highest BCUT2D eigenvalue weighted by atomic mass is 16.2. The maximum atomic E-state index is 13.1. The van der Waals surface area contributed by atoms with Gasteiger partial charge in [-0.3, -0.25) is 14.5 Å². The minimum absolute atomic E-state index is 0.0792. The van der Waals surface area contributed by atoms with Gasteiger partial charge in [0.15, 0.2) is 0 Å². The van der Waals surface area contributed by atoms with Gasteiger partial charge in [-0.05, 0) is 38.6 Å². The molecule has 1 spiro atoms. The van der Waals surface area contributed by atoms with E-state index in [4.69, 9.17) is 0 Å². The van der Waals surface area contributed by atoms with E-state index >= 15 is 0 Å². The molecule has 7 nitrogen and oxygen atoms in total. The number of hydrogen-bond donors (Lipinski definition) is 1. The first-order valence-corrected chi connectivity index (χ1v) is 9.66. The summed E-state index contributed by atoms with van der Waals surface area (Å²) in [6.07, 6.45) is 4.54. The molecule has 25 heavy (non-hydrogen) atoms. The van der Waals surface area contributed by atoms with Gasteiger partial charge in [0.1, 0.15) is 5.54 Å². The molecule has 140 valence electrons. The molecule has 0 saturated carbocycles. The molecule has 0 bridgehead atoms. The summed E-state index contributed by atoms with van der Waals surface area (Å²) in [5, 5.41) is 2.99. The van der Waals surface area contributed by atoms with Crippen LogP contribution in [-0.2, 0) is 9.59 Å². The van der Waals surface area contributed by atoms with Crippen LogP contribution < -0.4 is 5.32 Å². The van der Waals surface area contributed by atoms with E-state index in [1.54, 1.807) is 4.90 Å². The van der Waals surface area contributed by atoms with Crippen LogP contribution in [-0.4, -0.2) is 76.8 Å². The second kappa shape index (κ2) is 7.32. The van der Waals surface area contributed by atoms with Crippen LogP contribution in [0.15, 0.2) is 0 Å². The molecule has 3 aliphatic heterocycles. The second-order valence-corrected chi connectivity index (χ2v) is 7.52. The first-order valence-electron chi connectivity index (χ1n) is 9.66. The zero-order valence-electron chi connectivity index (χ0n) is 15.4. The maximum Gasteiger partial charge on any atom is 0.325 e. The summed E-state index contributed by atoms with van der Waals surface area (Å²) in [6, 6.07) is -0.463. The van der Waals surface area contributed by atoms with Gasteiger partial charge in [-0.15, -0.1) is 0 Å². The van der Waals surface area contributed by atoms with Crippen molar-refractivity contribution < 1.29 is 14.4 Å². The number of likely N-dealkylation sites (tertiary alicyclic amines) is 2. The number of amides is 4. The fourth-order valence-corrected chi connectivity index (χ4v) is 4.40. The molecule has 0 aromatic heterocycles. The second-order valence-electron chi connectivity index (χ2n) is 7.52. The van der Waals surface area contributed by atoms with Crippen LogP contribution in [0.2, 0.25) is 0 Å². The van der Waals surface area contributed by atoms with Crippen LogP contribution in [0.4, 0.5) is 4.79 Å². The molecular formula is C18H30N4O3. The Morgan fingerprint density at radius 2 is 1.92 bits per heavy atom. The topological polar surface area (TPSA) is 73.0 Å². The van der Waals surface area contributed by atoms with E-state index in [1.165, 1.54) is 4.90 Å². The van der Waals surface area contributed by atoms with E-state index in [2.05, 4.69) is 17.1 Å². The number of carbonyl (C=O) groups is 3. The molecule has 3 aliphatic rings. The van der Waals surface area contributed by atoms with E-state index in [-0.39, 0.29) is 23.9 Å². The third-order valence-electron chi connectivity index (χ3n) is 5.86. The first-order chi connectivity index (χ1) is 12.0. The lowest BCUT2D eigenvalue weighted by molar-refractivity contribution is -0.139. The van der Waals surface area contributed by atoms with Gasteiger partial charge >= 0.3 is 6.03 Å². The number of imide groups is 1. The molecule has 3 fully saturated rings. The molecule has 0 aromatic rings. The number of nitrogens with one attached hydrogen (secondary N) is 1. The predicted octanol–water partition coefficient (Wildman–Crippen LogP) is 1.18. The Labute approximate surface area is 149 Å². The monoisotopic (exact) mass is 350 g/mol. The summed E-state index contributed by atoms with van der Waals surface area (Å²) < 4.78 is 0. The smallest absolute Gasteiger partial charge is 0.325 e. The lowest BCUT2D eigenvalue weighted by atomic mass is 9.87. The molecule has 1 unspecified atom stereocenters. The Morgan fingerprint density at radius 3 is 2.56 bits per heavy atom. The van der Waals surface area contributed by atoms with Crippen molar-refractivity contribution in [3.05, 3.63) is 0 Å². The number of hydrogen-bond acceptors (Lipinski definition) is 4. The summed E-state index contributed by atoms with van der Waals surface area (Å²) >= 11 is 0. The van der Waals surface area contributed by atoms with Crippen molar-refractivity contribution in [3.8, 4) is 0 Å². The van der Waals surface area contributed by atoms with Gasteiger partial charge in [0.25, 0.3) is 5.91 Å². The van der Waals surface area contributed by atoms with Gasteiger partial charge in [-0.2, -0.15) is 0 Å². The summed E-state index contributed by atoms with van der Waals surface area (Å²) in [5.74, 6) is 0.0174. The normalized spacial score (nSPS) is 27.0. The minimum atomic E-state index is -0.724. The average Bonchev–Trinajstić information content (AvgIpc) is 2.86. The SMILES string of the molecule is CCCN1CCC2(CC1)NC(=O)N(C1CCCN(C(=O)CC)C1)C2=O. The Bertz CT molecular complexity index is 542. The standard InChI is InChI=1S/C18H30N4O3/c1-3-9-20-11-7-18(8-12-20)16(24)22(17(25)19-18)14-6-5-10-21(13-14)15(23)4-2/h14H,3-13H2,1-2H3,(H,19,25). The summed E-state index contributed by atoms with van der Waals surface area (Å²) in [4.78, 5) is 43.3. The van der Waals surface area contributed by atoms with E-state index < -0.39 is 5.54 Å². The highest BCUT2D eigenvalue weighted by Crippen LogP contribution is 2.32. The summed E-state index contributed by atoms with van der Waals surface area (Å²) in [7, 11) is 0. The van der Waals surface area contributed by atoms with Gasteiger partial charge in [-0.1, -0.05) is 13.8 Å². The molecule has 0 aromatic carbocycles. The van der Waals surface area contributed by atoms with Crippen molar-refractivity contribution in [1.29, 1.82) is 0 Å². The number of carbonyl (C=O) groups excluding carboxylic acids is 3. The molecule has 4 amide bonds. The summed E-state index contributed by atoms with van der Waals surface area (Å²) in [6.45, 7) is 7.93. The predicted molar refractivity (Wildman–Crippen MR) is 94.0 cm³/mol. The zero-order chi connectivity index (χ0) is 18.0. The van der Waals surface area contributed by atoms with Crippen molar-refractivity contribution in [3.63, 3.8) is 0 Å². The Balaban J connectivity index is 1.68. The molecule has 0 aliphatic carbocycles. The Morgan fingerprint density at radius 1 is 1.20 bits per heavy atom. The highest BCUT2D eigenvalue weighted by molar-refractivity contribution is 6.07. The maximum absolute atomic E-state index is 13.1. The van der Waals surface area contributed by atoms with Crippen molar-refractivity contribution in [2.45, 2.75) is 64.0 Å². The van der Waals surface area contributed by atoms with Gasteiger partial charge in [0.05, 0.1) is 6.04 Å². The van der Waals surface area contributed by atoms with Gasteiger partial charge < -0.3 is 15.1 Å². The van der Waals surface area contributed by atoms with Crippen LogP contribution >= 0.6 is 0 Å². The zero-order valence-corrected chi connectivity index (χ0v) is 15.4. The molecule has 7 heteroatoms. The fraction of sp³-hybridized carbons (Fsp3) is 0.833. The highest BCUT2D eigenvalue weighted by Gasteiger charge is 2.54. The van der Waals surface area contributed by atoms with Gasteiger partial charge in [0.2, 0.25) is 5.91 Å². The van der Waals surface area contributed by atoms with Gasteiger partial charge in [-0.25, -0.2) is 4.79 Å². The van der Waals surface area contributed by atoms with Gasteiger partial charge in [0, 0.05) is 32.6 Å². The van der Waals surface area contributed by atoms with Crippen LogP contribution in [0, 0.1) is 0 Å². The first kappa shape index (κ1) is 18.2. The van der Waals surface area contributed by atoms with E-state index in [0.717, 1.165) is 45.4 Å². The molecular weight excluding hydrogens is 320 g/mol. The van der Waals surface area contributed by atoms with Crippen LogP contribution in [0.3, 0.4) is 0 Å². The molecule has 3 saturated heterocycles. The molecule has 0 radical (unpaired) electrons. The molecule has 1 atom stereocenters. The minimum Gasteiger partial charge on any atom is -0.341 e. The molecule has 1 N–H and O–H groups in total. The lowest BCUT2D eigenvalue weighted by Gasteiger charge is -2.39. The third-order valence-corrected chi connectivity index (χ3v) is 5.86. The van der Waals surface area contributed by atoms with E-state index in [1.807, 2.05) is 6.92 Å². The Hall–Kier alpha value is -1.63. The number of urea groups is 1. The molecule has 3 heterocycles. The van der Waals surface area contributed by atoms with Crippen molar-refractivity contribution in [1.82, 2.24) is 20.0 Å². The largest absolute Gasteiger partial charge is 0.341 e. The third kappa shape index (κ3) is 3.38. The van der Waals surface area contributed by atoms with Crippen molar-refractivity contribution in [2.75, 3.05) is 32.7 Å². The van der Waals surface area contributed by atoms with Crippen LogP contribution in [0.1, 0.15) is 52.4 Å². The van der Waals surface area contributed by atoms with Crippen LogP contribution in [0.5, 0.6) is 0 Å². The lowest BCUT2D eigenvalue weighted by Crippen LogP contribution is -2.56. The number of nitrogens with zero attached hydrogens (tertiary/aromatic N) is 3. The van der Waals surface area contributed by atoms with E-state index in [0.29, 0.717) is 25.8 Å². The fourth-order valence-electron chi connectivity index (χ4n) is 4.40. The van der Waals surface area contributed by atoms with E-state index in [9.17, 15) is 14.4 Å². The quantitative estimate of drug-likeness (QED) is 0.773. The number of rotatable bonds is 4.